The van der Waals surface area contributed by atoms with Gasteiger partial charge in [-0.15, -0.1) is 0 Å². The van der Waals surface area contributed by atoms with E-state index >= 15 is 0 Å². The molecule has 0 atom stereocenters. The van der Waals surface area contributed by atoms with Gasteiger partial charge in [0.25, 0.3) is 0 Å². The number of rotatable bonds is 2. The van der Waals surface area contributed by atoms with Crippen molar-refractivity contribution in [3.8, 4) is 0 Å². The lowest BCUT2D eigenvalue weighted by Gasteiger charge is -2.22. The Hall–Kier alpha value is -1.58. The molecule has 16 heavy (non-hydrogen) atoms. The Morgan fingerprint density at radius 3 is 2.88 bits per heavy atom. The van der Waals surface area contributed by atoms with E-state index < -0.39 is 5.97 Å². The van der Waals surface area contributed by atoms with E-state index in [0.29, 0.717) is 12.1 Å². The zero-order chi connectivity index (χ0) is 11.3. The molecular weight excluding hydrogens is 206 g/mol. The number of carbonyl (C=O) groups excluding carboxylic acids is 1. The minimum atomic E-state index is -0.850. The molecule has 84 valence electrons. The molecule has 4 nitrogen and oxygen atoms in total. The van der Waals surface area contributed by atoms with Gasteiger partial charge in [-0.25, -0.2) is 0 Å². The van der Waals surface area contributed by atoms with Gasteiger partial charge >= 0.3 is 5.97 Å². The lowest BCUT2D eigenvalue weighted by molar-refractivity contribution is -0.136. The maximum absolute atomic E-state index is 11.9. The second-order valence-electron chi connectivity index (χ2n) is 5.03. The molecule has 1 aromatic rings. The van der Waals surface area contributed by atoms with Crippen molar-refractivity contribution in [3.05, 3.63) is 23.5 Å². The number of fused-ring (bicyclic) bond motifs is 1. The van der Waals surface area contributed by atoms with Gasteiger partial charge in [0.2, 0.25) is 0 Å². The van der Waals surface area contributed by atoms with Crippen LogP contribution in [0.5, 0.6) is 0 Å². The van der Waals surface area contributed by atoms with Gasteiger partial charge in [0.15, 0.2) is 5.78 Å². The Balaban J connectivity index is 1.94. The van der Waals surface area contributed by atoms with Crippen molar-refractivity contribution in [2.24, 2.45) is 5.41 Å². The molecule has 1 fully saturated rings. The molecule has 0 unspecified atom stereocenters. The van der Waals surface area contributed by atoms with Crippen molar-refractivity contribution in [2.75, 3.05) is 0 Å². The quantitative estimate of drug-likeness (QED) is 0.819. The molecule has 1 N–H and O–H groups in total. The van der Waals surface area contributed by atoms with Crippen LogP contribution in [0, 0.1) is 5.41 Å². The largest absolute Gasteiger partial charge is 0.481 e. The number of hydrogen-bond acceptors (Lipinski definition) is 2. The monoisotopic (exact) mass is 219 g/mol. The van der Waals surface area contributed by atoms with Gasteiger partial charge in [-0.3, -0.25) is 9.59 Å². The average molecular weight is 219 g/mol. The predicted molar refractivity (Wildman–Crippen MR) is 56.4 cm³/mol. The molecule has 2 aliphatic rings. The number of hydrogen-bond donors (Lipinski definition) is 1. The summed E-state index contributed by atoms with van der Waals surface area (Å²) in [4.78, 5) is 22.5. The minimum Gasteiger partial charge on any atom is -0.481 e. The number of nitrogens with zero attached hydrogens (tertiary/aromatic N) is 1. The van der Waals surface area contributed by atoms with E-state index in [0.717, 1.165) is 24.9 Å². The number of carbonyl (C=O) groups is 2. The van der Waals surface area contributed by atoms with Gasteiger partial charge in [-0.2, -0.15) is 0 Å². The summed E-state index contributed by atoms with van der Waals surface area (Å²) in [6.07, 6.45) is 4.72. The fourth-order valence-corrected chi connectivity index (χ4v) is 2.57. The van der Waals surface area contributed by atoms with Crippen LogP contribution in [-0.2, 0) is 17.8 Å². The first-order chi connectivity index (χ1) is 7.58. The number of carboxylic acids is 1. The van der Waals surface area contributed by atoms with Crippen LogP contribution in [0.25, 0.3) is 0 Å². The number of Topliss-reactive ketones (excluding diaryl/α,β-unsaturated/α-hetero) is 1. The van der Waals surface area contributed by atoms with Crippen LogP contribution in [-0.4, -0.2) is 21.4 Å². The van der Waals surface area contributed by atoms with Gasteiger partial charge < -0.3 is 9.67 Å². The number of aromatic nitrogens is 1. The Morgan fingerprint density at radius 2 is 2.25 bits per heavy atom. The van der Waals surface area contributed by atoms with Crippen LogP contribution < -0.4 is 0 Å². The van der Waals surface area contributed by atoms with E-state index in [2.05, 4.69) is 0 Å². The van der Waals surface area contributed by atoms with Crippen molar-refractivity contribution in [3.63, 3.8) is 0 Å². The fraction of sp³-hybridized carbons (Fsp3) is 0.500. The number of aliphatic carboxylic acids is 1. The molecule has 4 heteroatoms. The summed E-state index contributed by atoms with van der Waals surface area (Å²) in [6, 6.07) is 1.73. The van der Waals surface area contributed by atoms with Crippen LogP contribution in [0.15, 0.2) is 12.3 Å². The lowest BCUT2D eigenvalue weighted by Crippen LogP contribution is -2.25. The molecular formula is C12H13NO3. The lowest BCUT2D eigenvalue weighted by atomic mass is 9.94. The highest BCUT2D eigenvalue weighted by atomic mass is 16.4. The van der Waals surface area contributed by atoms with Crippen molar-refractivity contribution >= 4 is 11.8 Å². The standard InChI is InChI=1S/C12H13NO3/c14-10-5-12(1-2-12)7-13-6-8(3-9(10)13)4-11(15)16/h3,6H,1-2,4-5,7H2,(H,15,16). The second-order valence-corrected chi connectivity index (χ2v) is 5.03. The summed E-state index contributed by atoms with van der Waals surface area (Å²) in [6.45, 7) is 0.883. The van der Waals surface area contributed by atoms with E-state index in [1.165, 1.54) is 0 Å². The molecule has 1 aliphatic carbocycles. The van der Waals surface area contributed by atoms with Gasteiger partial charge in [-0.1, -0.05) is 0 Å². The molecule has 0 aromatic carbocycles. The third kappa shape index (κ3) is 1.45. The smallest absolute Gasteiger partial charge is 0.307 e. The van der Waals surface area contributed by atoms with Gasteiger partial charge in [0.05, 0.1) is 12.1 Å². The van der Waals surface area contributed by atoms with Crippen molar-refractivity contribution in [1.82, 2.24) is 4.57 Å². The topological polar surface area (TPSA) is 59.3 Å². The summed E-state index contributed by atoms with van der Waals surface area (Å²) < 4.78 is 1.94. The first kappa shape index (κ1) is 9.63. The van der Waals surface area contributed by atoms with Gasteiger partial charge in [0, 0.05) is 19.2 Å². The average Bonchev–Trinajstić information content (AvgIpc) is 2.76. The Bertz CT molecular complexity index is 482. The van der Waals surface area contributed by atoms with Crippen molar-refractivity contribution in [2.45, 2.75) is 32.2 Å². The zero-order valence-corrected chi connectivity index (χ0v) is 8.90. The molecule has 2 heterocycles. The molecule has 0 bridgehead atoms. The van der Waals surface area contributed by atoms with E-state index in [4.69, 9.17) is 5.11 Å². The molecule has 1 saturated carbocycles. The van der Waals surface area contributed by atoms with E-state index in [1.807, 2.05) is 10.8 Å². The van der Waals surface area contributed by atoms with Crippen LogP contribution >= 0.6 is 0 Å². The highest BCUT2D eigenvalue weighted by molar-refractivity contribution is 5.96. The van der Waals surface area contributed by atoms with Crippen molar-refractivity contribution in [1.29, 1.82) is 0 Å². The third-order valence-electron chi connectivity index (χ3n) is 3.59. The maximum Gasteiger partial charge on any atom is 0.307 e. The highest BCUT2D eigenvalue weighted by Crippen LogP contribution is 2.53. The summed E-state index contributed by atoms with van der Waals surface area (Å²) in [7, 11) is 0. The Kier molecular flexibility index (Phi) is 1.79. The Labute approximate surface area is 92.9 Å². The van der Waals surface area contributed by atoms with E-state index in [9.17, 15) is 9.59 Å². The Morgan fingerprint density at radius 1 is 1.50 bits per heavy atom. The van der Waals surface area contributed by atoms with E-state index in [-0.39, 0.29) is 17.6 Å². The summed E-state index contributed by atoms with van der Waals surface area (Å²) >= 11 is 0. The molecule has 3 rings (SSSR count). The molecule has 0 radical (unpaired) electrons. The first-order valence-corrected chi connectivity index (χ1v) is 5.52. The molecule has 1 spiro atoms. The minimum absolute atomic E-state index is 0.000278. The zero-order valence-electron chi connectivity index (χ0n) is 8.90. The predicted octanol–water partition coefficient (Wildman–Crippen LogP) is 1.48. The summed E-state index contributed by atoms with van der Waals surface area (Å²) in [5, 5.41) is 8.71. The fourth-order valence-electron chi connectivity index (χ4n) is 2.57. The van der Waals surface area contributed by atoms with Gasteiger partial charge in [0.1, 0.15) is 0 Å². The first-order valence-electron chi connectivity index (χ1n) is 5.52. The molecule has 0 saturated heterocycles. The van der Waals surface area contributed by atoms with Crippen LogP contribution in [0.4, 0.5) is 0 Å². The third-order valence-corrected chi connectivity index (χ3v) is 3.59. The van der Waals surface area contributed by atoms with Crippen molar-refractivity contribution < 1.29 is 14.7 Å². The highest BCUT2D eigenvalue weighted by Gasteiger charge is 2.47. The SMILES string of the molecule is O=C(O)Cc1cc2n(c1)CC1(CC1)CC2=O. The van der Waals surface area contributed by atoms with Crippen LogP contribution in [0.1, 0.15) is 35.3 Å². The van der Waals surface area contributed by atoms with Crippen LogP contribution in [0.3, 0.4) is 0 Å². The second kappa shape index (κ2) is 2.97. The number of ketones is 1. The van der Waals surface area contributed by atoms with Crippen LogP contribution in [0.2, 0.25) is 0 Å². The number of carboxylic acid groups (broad SMARTS) is 1. The van der Waals surface area contributed by atoms with Gasteiger partial charge in [-0.05, 0) is 29.9 Å². The molecule has 0 amide bonds. The molecule has 1 aliphatic heterocycles. The summed E-state index contributed by atoms with van der Waals surface area (Å²) in [5.41, 5.74) is 1.63. The summed E-state index contributed by atoms with van der Waals surface area (Å²) in [5.74, 6) is -0.683. The normalized spacial score (nSPS) is 20.9. The van der Waals surface area contributed by atoms with E-state index in [1.54, 1.807) is 6.07 Å². The molecule has 1 aromatic heterocycles. The maximum atomic E-state index is 11.9.